The maximum Gasteiger partial charge on any atom is 0.236 e. The van der Waals surface area contributed by atoms with Crippen molar-refractivity contribution in [1.82, 2.24) is 15.6 Å². The predicted octanol–water partition coefficient (Wildman–Crippen LogP) is 2.44. The number of nitrogens with one attached hydrogen (secondary N) is 3. The summed E-state index contributed by atoms with van der Waals surface area (Å²) in [4.78, 5) is 14.8. The van der Waals surface area contributed by atoms with E-state index < -0.39 is 0 Å². The molecule has 2 rings (SSSR count). The minimum atomic E-state index is -0.211. The first-order chi connectivity index (χ1) is 9.11. The highest BCUT2D eigenvalue weighted by molar-refractivity contribution is 6.31. The third-order valence-electron chi connectivity index (χ3n) is 3.07. The standard InChI is InChI=1S/C14H18ClN3O/c1-3-16-14(19)9(2)17-7-10-8-18-13-6-11(15)4-5-12(10)13/h4-6,8-9,17-18H,3,7H2,1-2H3,(H,16,19). The molecule has 1 aromatic heterocycles. The molecular weight excluding hydrogens is 262 g/mol. The van der Waals surface area contributed by atoms with Gasteiger partial charge in [0.15, 0.2) is 0 Å². The molecule has 1 amide bonds. The van der Waals surface area contributed by atoms with E-state index in [0.29, 0.717) is 18.1 Å². The number of carbonyl (C=O) groups excluding carboxylic acids is 1. The van der Waals surface area contributed by atoms with Crippen LogP contribution in [0.4, 0.5) is 0 Å². The molecule has 0 radical (unpaired) electrons. The molecule has 0 spiro atoms. The third kappa shape index (κ3) is 3.28. The topological polar surface area (TPSA) is 56.9 Å². The van der Waals surface area contributed by atoms with Crippen molar-refractivity contribution in [3.63, 3.8) is 0 Å². The summed E-state index contributed by atoms with van der Waals surface area (Å²) in [5.74, 6) is 0.0189. The van der Waals surface area contributed by atoms with E-state index >= 15 is 0 Å². The van der Waals surface area contributed by atoms with Gasteiger partial charge < -0.3 is 15.6 Å². The Balaban J connectivity index is 2.04. The third-order valence-corrected chi connectivity index (χ3v) is 3.31. The fraction of sp³-hybridized carbons (Fsp3) is 0.357. The summed E-state index contributed by atoms with van der Waals surface area (Å²) in [6, 6.07) is 5.54. The highest BCUT2D eigenvalue weighted by Crippen LogP contribution is 2.21. The van der Waals surface area contributed by atoms with E-state index in [1.54, 1.807) is 0 Å². The molecule has 2 aromatic rings. The molecule has 1 atom stereocenters. The molecule has 5 heteroatoms. The minimum Gasteiger partial charge on any atom is -0.361 e. The van der Waals surface area contributed by atoms with Crippen molar-refractivity contribution in [1.29, 1.82) is 0 Å². The number of H-pyrrole nitrogens is 1. The van der Waals surface area contributed by atoms with Gasteiger partial charge in [0.2, 0.25) is 5.91 Å². The van der Waals surface area contributed by atoms with Crippen molar-refractivity contribution in [2.75, 3.05) is 6.54 Å². The van der Waals surface area contributed by atoms with Gasteiger partial charge in [0.05, 0.1) is 6.04 Å². The van der Waals surface area contributed by atoms with Gasteiger partial charge in [-0.1, -0.05) is 17.7 Å². The van der Waals surface area contributed by atoms with Gasteiger partial charge in [0.1, 0.15) is 0 Å². The van der Waals surface area contributed by atoms with E-state index in [-0.39, 0.29) is 11.9 Å². The summed E-state index contributed by atoms with van der Waals surface area (Å²) in [6.07, 6.45) is 1.94. The molecule has 19 heavy (non-hydrogen) atoms. The molecular formula is C14H18ClN3O. The van der Waals surface area contributed by atoms with Crippen LogP contribution in [-0.4, -0.2) is 23.5 Å². The molecule has 0 saturated heterocycles. The van der Waals surface area contributed by atoms with Gasteiger partial charge in [0, 0.05) is 35.2 Å². The lowest BCUT2D eigenvalue weighted by Crippen LogP contribution is -2.41. The summed E-state index contributed by atoms with van der Waals surface area (Å²) >= 11 is 5.94. The first kappa shape index (κ1) is 13.9. The number of rotatable bonds is 5. The second-order valence-corrected chi connectivity index (χ2v) is 4.94. The van der Waals surface area contributed by atoms with Crippen LogP contribution in [0.1, 0.15) is 19.4 Å². The highest BCUT2D eigenvalue weighted by atomic mass is 35.5. The average molecular weight is 280 g/mol. The summed E-state index contributed by atoms with van der Waals surface area (Å²) in [5, 5.41) is 7.84. The second-order valence-electron chi connectivity index (χ2n) is 4.50. The van der Waals surface area contributed by atoms with E-state index in [1.165, 1.54) is 0 Å². The Morgan fingerprint density at radius 1 is 1.47 bits per heavy atom. The van der Waals surface area contributed by atoms with Gasteiger partial charge in [-0.15, -0.1) is 0 Å². The van der Waals surface area contributed by atoms with Gasteiger partial charge in [-0.3, -0.25) is 4.79 Å². The molecule has 102 valence electrons. The molecule has 0 aliphatic rings. The zero-order valence-electron chi connectivity index (χ0n) is 11.1. The molecule has 1 unspecified atom stereocenters. The second kappa shape index (κ2) is 6.08. The van der Waals surface area contributed by atoms with Crippen molar-refractivity contribution in [3.8, 4) is 0 Å². The molecule has 1 aromatic carbocycles. The number of fused-ring (bicyclic) bond motifs is 1. The maximum absolute atomic E-state index is 11.6. The van der Waals surface area contributed by atoms with Gasteiger partial charge in [-0.25, -0.2) is 0 Å². The number of aromatic nitrogens is 1. The summed E-state index contributed by atoms with van der Waals surface area (Å²) in [5.41, 5.74) is 2.14. The normalized spacial score (nSPS) is 12.6. The van der Waals surface area contributed by atoms with E-state index in [4.69, 9.17) is 11.6 Å². The van der Waals surface area contributed by atoms with E-state index in [9.17, 15) is 4.79 Å². The number of benzene rings is 1. The van der Waals surface area contributed by atoms with Crippen molar-refractivity contribution >= 4 is 28.4 Å². The van der Waals surface area contributed by atoms with E-state index in [1.807, 2.05) is 38.2 Å². The number of hydrogen-bond donors (Lipinski definition) is 3. The summed E-state index contributed by atoms with van der Waals surface area (Å²) < 4.78 is 0. The molecule has 4 nitrogen and oxygen atoms in total. The monoisotopic (exact) mass is 279 g/mol. The lowest BCUT2D eigenvalue weighted by molar-refractivity contribution is -0.122. The van der Waals surface area contributed by atoms with Gasteiger partial charge in [-0.2, -0.15) is 0 Å². The van der Waals surface area contributed by atoms with Crippen LogP contribution in [0.3, 0.4) is 0 Å². The van der Waals surface area contributed by atoms with Crippen LogP contribution in [0.15, 0.2) is 24.4 Å². The zero-order valence-corrected chi connectivity index (χ0v) is 11.8. The van der Waals surface area contributed by atoms with Crippen molar-refractivity contribution in [2.45, 2.75) is 26.4 Å². The van der Waals surface area contributed by atoms with Crippen molar-refractivity contribution < 1.29 is 4.79 Å². The summed E-state index contributed by atoms with van der Waals surface area (Å²) in [7, 11) is 0. The molecule has 0 saturated carbocycles. The molecule has 3 N–H and O–H groups in total. The Bertz CT molecular complexity index is 579. The molecule has 0 bridgehead atoms. The predicted molar refractivity (Wildman–Crippen MR) is 78.3 cm³/mol. The number of halogens is 1. The Kier molecular flexibility index (Phi) is 4.45. The van der Waals surface area contributed by atoms with Gasteiger partial charge >= 0.3 is 0 Å². The minimum absolute atomic E-state index is 0.0189. The average Bonchev–Trinajstić information content (AvgIpc) is 2.78. The van der Waals surface area contributed by atoms with Gasteiger partial charge in [-0.05, 0) is 31.5 Å². The highest BCUT2D eigenvalue weighted by Gasteiger charge is 2.12. The maximum atomic E-state index is 11.6. The largest absolute Gasteiger partial charge is 0.361 e. The molecule has 0 aliphatic carbocycles. The molecule has 0 fully saturated rings. The fourth-order valence-electron chi connectivity index (χ4n) is 1.99. The number of likely N-dealkylation sites (N-methyl/N-ethyl adjacent to an activating group) is 1. The zero-order chi connectivity index (χ0) is 13.8. The number of amides is 1. The van der Waals surface area contributed by atoms with Crippen molar-refractivity contribution in [3.05, 3.63) is 35.0 Å². The van der Waals surface area contributed by atoms with E-state index in [2.05, 4.69) is 15.6 Å². The Morgan fingerprint density at radius 2 is 2.26 bits per heavy atom. The first-order valence-corrected chi connectivity index (χ1v) is 6.76. The fourth-order valence-corrected chi connectivity index (χ4v) is 2.16. The van der Waals surface area contributed by atoms with E-state index in [0.717, 1.165) is 16.5 Å². The lowest BCUT2D eigenvalue weighted by Gasteiger charge is -2.12. The summed E-state index contributed by atoms with van der Waals surface area (Å²) in [6.45, 7) is 5.06. The first-order valence-electron chi connectivity index (χ1n) is 6.38. The van der Waals surface area contributed by atoms with Crippen molar-refractivity contribution in [2.24, 2.45) is 0 Å². The van der Waals surface area contributed by atoms with Crippen LogP contribution in [0.25, 0.3) is 10.9 Å². The van der Waals surface area contributed by atoms with Crippen LogP contribution in [0.2, 0.25) is 5.02 Å². The van der Waals surface area contributed by atoms with Crippen LogP contribution < -0.4 is 10.6 Å². The molecule has 1 heterocycles. The van der Waals surface area contributed by atoms with Crippen LogP contribution in [0.5, 0.6) is 0 Å². The quantitative estimate of drug-likeness (QED) is 0.787. The number of carbonyl (C=O) groups is 1. The van der Waals surface area contributed by atoms with Gasteiger partial charge in [0.25, 0.3) is 0 Å². The Hall–Kier alpha value is -1.52. The number of aromatic amines is 1. The number of hydrogen-bond acceptors (Lipinski definition) is 2. The lowest BCUT2D eigenvalue weighted by atomic mass is 10.1. The SMILES string of the molecule is CCNC(=O)C(C)NCc1c[nH]c2cc(Cl)ccc12. The Morgan fingerprint density at radius 3 is 3.00 bits per heavy atom. The van der Waals surface area contributed by atoms with Crippen LogP contribution in [-0.2, 0) is 11.3 Å². The van der Waals surface area contributed by atoms with Crippen LogP contribution >= 0.6 is 11.6 Å². The van der Waals surface area contributed by atoms with Crippen LogP contribution in [0, 0.1) is 0 Å². The smallest absolute Gasteiger partial charge is 0.236 e. The Labute approximate surface area is 117 Å². The molecule has 0 aliphatic heterocycles.